The van der Waals surface area contributed by atoms with Crippen molar-refractivity contribution in [2.75, 3.05) is 13.6 Å². The van der Waals surface area contributed by atoms with Crippen LogP contribution in [0.1, 0.15) is 49.3 Å². The normalized spacial score (nSPS) is 17.9. The second-order valence-electron chi connectivity index (χ2n) is 4.90. The molecule has 0 atom stereocenters. The Labute approximate surface area is 98.2 Å². The van der Waals surface area contributed by atoms with Crippen molar-refractivity contribution in [2.45, 2.75) is 44.4 Å². The fourth-order valence-corrected chi connectivity index (χ4v) is 2.73. The largest absolute Gasteiger partial charge is 0.319 e. The monoisotopic (exact) mass is 221 g/mol. The van der Waals surface area contributed by atoms with Crippen molar-refractivity contribution < 1.29 is 0 Å². The average Bonchev–Trinajstić information content (AvgIpc) is 2.69. The summed E-state index contributed by atoms with van der Waals surface area (Å²) in [6.07, 6.45) is 10.2. The van der Waals surface area contributed by atoms with Crippen molar-refractivity contribution in [3.8, 4) is 0 Å². The molecule has 0 aliphatic heterocycles. The lowest BCUT2D eigenvalue weighted by molar-refractivity contribution is 0.431. The van der Waals surface area contributed by atoms with Gasteiger partial charge in [-0.1, -0.05) is 19.3 Å². The Balaban J connectivity index is 2.10. The molecule has 0 amide bonds. The van der Waals surface area contributed by atoms with Gasteiger partial charge in [0, 0.05) is 19.2 Å². The summed E-state index contributed by atoms with van der Waals surface area (Å²) < 4.78 is 1.98. The molecule has 1 aliphatic carbocycles. The summed E-state index contributed by atoms with van der Waals surface area (Å²) in [5.74, 6) is 0.724. The molecule has 2 rings (SSSR count). The molecule has 1 aromatic rings. The van der Waals surface area contributed by atoms with E-state index in [4.69, 9.17) is 0 Å². The smallest absolute Gasteiger partial charge is 0.0687 e. The van der Waals surface area contributed by atoms with Gasteiger partial charge in [0.2, 0.25) is 0 Å². The van der Waals surface area contributed by atoms with Gasteiger partial charge in [0.15, 0.2) is 0 Å². The molecule has 0 saturated heterocycles. The van der Waals surface area contributed by atoms with Gasteiger partial charge in [-0.2, -0.15) is 5.10 Å². The summed E-state index contributed by atoms with van der Waals surface area (Å²) in [5.41, 5.74) is 2.82. The molecule has 1 heterocycles. The van der Waals surface area contributed by atoms with Crippen molar-refractivity contribution in [3.63, 3.8) is 0 Å². The van der Waals surface area contributed by atoms with Gasteiger partial charge < -0.3 is 5.32 Å². The van der Waals surface area contributed by atoms with Crippen LogP contribution in [-0.2, 0) is 13.5 Å². The minimum Gasteiger partial charge on any atom is -0.319 e. The minimum atomic E-state index is 0.724. The summed E-state index contributed by atoms with van der Waals surface area (Å²) in [5, 5.41) is 7.89. The van der Waals surface area contributed by atoms with Gasteiger partial charge in [0.1, 0.15) is 0 Å². The third kappa shape index (κ3) is 2.64. The molecule has 1 aromatic heterocycles. The van der Waals surface area contributed by atoms with Gasteiger partial charge in [-0.05, 0) is 38.4 Å². The molecule has 1 saturated carbocycles. The van der Waals surface area contributed by atoms with E-state index in [1.165, 1.54) is 43.4 Å². The van der Waals surface area contributed by atoms with Crippen molar-refractivity contribution in [1.29, 1.82) is 0 Å². The second kappa shape index (κ2) is 5.48. The molecule has 0 spiro atoms. The fourth-order valence-electron chi connectivity index (χ4n) is 2.73. The van der Waals surface area contributed by atoms with Gasteiger partial charge >= 0.3 is 0 Å². The molecule has 3 heteroatoms. The third-order valence-corrected chi connectivity index (χ3v) is 3.57. The maximum atomic E-state index is 4.68. The highest BCUT2D eigenvalue weighted by Gasteiger charge is 2.21. The molecule has 16 heavy (non-hydrogen) atoms. The van der Waals surface area contributed by atoms with Crippen molar-refractivity contribution in [3.05, 3.63) is 17.5 Å². The van der Waals surface area contributed by atoms with Crippen LogP contribution in [0.15, 0.2) is 6.20 Å². The highest BCUT2D eigenvalue weighted by molar-refractivity contribution is 5.22. The number of nitrogens with zero attached hydrogens (tertiary/aromatic N) is 2. The molecule has 90 valence electrons. The Morgan fingerprint density at radius 3 is 2.81 bits per heavy atom. The summed E-state index contributed by atoms with van der Waals surface area (Å²) >= 11 is 0. The first-order chi connectivity index (χ1) is 7.81. The molecule has 0 aromatic carbocycles. The van der Waals surface area contributed by atoms with Crippen molar-refractivity contribution >= 4 is 0 Å². The van der Waals surface area contributed by atoms with Crippen LogP contribution in [0, 0.1) is 0 Å². The predicted octanol–water partition coefficient (Wildman–Crippen LogP) is 2.23. The Kier molecular flexibility index (Phi) is 3.99. The van der Waals surface area contributed by atoms with Crippen LogP contribution >= 0.6 is 0 Å². The van der Waals surface area contributed by atoms with Crippen LogP contribution in [0.2, 0.25) is 0 Å². The number of rotatable bonds is 4. The molecule has 1 aliphatic rings. The highest BCUT2D eigenvalue weighted by atomic mass is 15.3. The zero-order valence-corrected chi connectivity index (χ0v) is 10.5. The summed E-state index contributed by atoms with van der Waals surface area (Å²) in [4.78, 5) is 0. The van der Waals surface area contributed by atoms with E-state index in [0.29, 0.717) is 0 Å². The van der Waals surface area contributed by atoms with Gasteiger partial charge in [-0.3, -0.25) is 4.68 Å². The highest BCUT2D eigenvalue weighted by Crippen LogP contribution is 2.33. The Morgan fingerprint density at radius 2 is 2.12 bits per heavy atom. The average molecular weight is 221 g/mol. The molecule has 0 radical (unpaired) electrons. The van der Waals surface area contributed by atoms with E-state index in [1.54, 1.807) is 0 Å². The topological polar surface area (TPSA) is 29.9 Å². The Bertz CT molecular complexity index is 324. The molecular formula is C13H23N3. The van der Waals surface area contributed by atoms with E-state index in [9.17, 15) is 0 Å². The number of nitrogens with one attached hydrogen (secondary N) is 1. The quantitative estimate of drug-likeness (QED) is 0.845. The van der Waals surface area contributed by atoms with Crippen molar-refractivity contribution in [1.82, 2.24) is 15.1 Å². The summed E-state index contributed by atoms with van der Waals surface area (Å²) in [7, 11) is 4.05. The maximum Gasteiger partial charge on any atom is 0.0687 e. The maximum absolute atomic E-state index is 4.68. The van der Waals surface area contributed by atoms with E-state index in [1.807, 2.05) is 18.8 Å². The lowest BCUT2D eigenvalue weighted by atomic mass is 9.85. The molecule has 0 unspecified atom stereocenters. The molecule has 3 nitrogen and oxygen atoms in total. The van der Waals surface area contributed by atoms with Crippen LogP contribution < -0.4 is 5.32 Å². The van der Waals surface area contributed by atoms with Crippen LogP contribution in [0.4, 0.5) is 0 Å². The van der Waals surface area contributed by atoms with Gasteiger partial charge in [0.05, 0.1) is 5.69 Å². The number of aromatic nitrogens is 2. The Morgan fingerprint density at radius 1 is 1.38 bits per heavy atom. The van der Waals surface area contributed by atoms with E-state index in [2.05, 4.69) is 16.6 Å². The van der Waals surface area contributed by atoms with Crippen LogP contribution in [-0.4, -0.2) is 23.4 Å². The van der Waals surface area contributed by atoms with Crippen molar-refractivity contribution in [2.24, 2.45) is 7.05 Å². The first-order valence-corrected chi connectivity index (χ1v) is 6.48. The fraction of sp³-hybridized carbons (Fsp3) is 0.769. The van der Waals surface area contributed by atoms with E-state index in [0.717, 1.165) is 18.9 Å². The van der Waals surface area contributed by atoms with Gasteiger partial charge in [0.25, 0.3) is 0 Å². The van der Waals surface area contributed by atoms with Crippen LogP contribution in [0.25, 0.3) is 0 Å². The molecule has 0 bridgehead atoms. The summed E-state index contributed by atoms with van der Waals surface area (Å²) in [6.45, 7) is 1.05. The van der Waals surface area contributed by atoms with Gasteiger partial charge in [-0.15, -0.1) is 0 Å². The van der Waals surface area contributed by atoms with E-state index in [-0.39, 0.29) is 0 Å². The standard InChI is InChI=1S/C13H23N3/c1-14-9-8-12-10-16(2)15-13(12)11-6-4-3-5-7-11/h10-11,14H,3-9H2,1-2H3. The van der Waals surface area contributed by atoms with Crippen LogP contribution in [0.3, 0.4) is 0 Å². The number of aryl methyl sites for hydroxylation is 1. The first kappa shape index (κ1) is 11.6. The SMILES string of the molecule is CNCCc1cn(C)nc1C1CCCCC1. The van der Waals surface area contributed by atoms with E-state index >= 15 is 0 Å². The zero-order valence-electron chi connectivity index (χ0n) is 10.5. The zero-order chi connectivity index (χ0) is 11.4. The van der Waals surface area contributed by atoms with Crippen LogP contribution in [0.5, 0.6) is 0 Å². The third-order valence-electron chi connectivity index (χ3n) is 3.57. The number of hydrogen-bond acceptors (Lipinski definition) is 2. The molecule has 1 fully saturated rings. The lowest BCUT2D eigenvalue weighted by Crippen LogP contribution is -2.13. The minimum absolute atomic E-state index is 0.724. The van der Waals surface area contributed by atoms with E-state index < -0.39 is 0 Å². The number of likely N-dealkylation sites (N-methyl/N-ethyl adjacent to an activating group) is 1. The Hall–Kier alpha value is -0.830. The number of hydrogen-bond donors (Lipinski definition) is 1. The lowest BCUT2D eigenvalue weighted by Gasteiger charge is -2.20. The van der Waals surface area contributed by atoms with Gasteiger partial charge in [-0.25, -0.2) is 0 Å². The molecule has 1 N–H and O–H groups in total. The first-order valence-electron chi connectivity index (χ1n) is 6.48. The summed E-state index contributed by atoms with van der Waals surface area (Å²) in [6, 6.07) is 0. The second-order valence-corrected chi connectivity index (χ2v) is 4.90. The predicted molar refractivity (Wildman–Crippen MR) is 66.7 cm³/mol. The molecular weight excluding hydrogens is 198 g/mol.